The van der Waals surface area contributed by atoms with Gasteiger partial charge in [0.1, 0.15) is 0 Å². The van der Waals surface area contributed by atoms with E-state index in [-0.39, 0.29) is 5.75 Å². The Morgan fingerprint density at radius 3 is 2.59 bits per heavy atom. The molecule has 1 rings (SSSR count). The van der Waals surface area contributed by atoms with Crippen molar-refractivity contribution in [3.63, 3.8) is 0 Å². The SMILES string of the molecule is CNC(=O)NC(=O)[C@@H](C)Oc1ccccc1F. The molecule has 0 fully saturated rings. The van der Waals surface area contributed by atoms with Crippen LogP contribution in [0.5, 0.6) is 5.75 Å². The van der Waals surface area contributed by atoms with Gasteiger partial charge < -0.3 is 10.1 Å². The lowest BCUT2D eigenvalue weighted by Crippen LogP contribution is -2.44. The highest BCUT2D eigenvalue weighted by atomic mass is 19.1. The van der Waals surface area contributed by atoms with E-state index in [4.69, 9.17) is 4.74 Å². The number of amides is 3. The maximum Gasteiger partial charge on any atom is 0.321 e. The van der Waals surface area contributed by atoms with Gasteiger partial charge >= 0.3 is 6.03 Å². The third-order valence-electron chi connectivity index (χ3n) is 1.97. The summed E-state index contributed by atoms with van der Waals surface area (Å²) in [7, 11) is 1.38. The average Bonchev–Trinajstić information content (AvgIpc) is 2.31. The minimum atomic E-state index is -0.968. The Bertz CT molecular complexity index is 423. The van der Waals surface area contributed by atoms with Gasteiger partial charge in [-0.15, -0.1) is 0 Å². The predicted octanol–water partition coefficient (Wildman–Crippen LogP) is 1.05. The summed E-state index contributed by atoms with van der Waals surface area (Å²) in [5.41, 5.74) is 0. The molecule has 0 spiro atoms. The number of imide groups is 1. The standard InChI is InChI=1S/C11H13FN2O3/c1-7(10(15)14-11(16)13-2)17-9-6-4-3-5-8(9)12/h3-7H,1-2H3,(H2,13,14,15,16)/t7-/m1/s1. The lowest BCUT2D eigenvalue weighted by molar-refractivity contribution is -0.126. The average molecular weight is 240 g/mol. The molecular weight excluding hydrogens is 227 g/mol. The van der Waals surface area contributed by atoms with E-state index >= 15 is 0 Å². The van der Waals surface area contributed by atoms with Crippen molar-refractivity contribution in [2.45, 2.75) is 13.0 Å². The number of rotatable bonds is 3. The fraction of sp³-hybridized carbons (Fsp3) is 0.273. The smallest absolute Gasteiger partial charge is 0.321 e. The third-order valence-corrected chi connectivity index (χ3v) is 1.97. The summed E-state index contributed by atoms with van der Waals surface area (Å²) in [6, 6.07) is 5.08. The molecule has 0 aliphatic rings. The summed E-state index contributed by atoms with van der Waals surface area (Å²) in [5.74, 6) is -1.24. The van der Waals surface area contributed by atoms with Crippen LogP contribution < -0.4 is 15.4 Å². The number of hydrogen-bond acceptors (Lipinski definition) is 3. The van der Waals surface area contributed by atoms with Gasteiger partial charge in [0.15, 0.2) is 17.7 Å². The number of halogens is 1. The molecule has 0 aromatic heterocycles. The van der Waals surface area contributed by atoms with E-state index in [1.165, 1.54) is 32.2 Å². The quantitative estimate of drug-likeness (QED) is 0.829. The molecule has 6 heteroatoms. The topological polar surface area (TPSA) is 67.4 Å². The van der Waals surface area contributed by atoms with Crippen LogP contribution in [-0.2, 0) is 4.79 Å². The van der Waals surface area contributed by atoms with Crippen LogP contribution in [0.25, 0.3) is 0 Å². The van der Waals surface area contributed by atoms with Gasteiger partial charge in [0, 0.05) is 7.05 Å². The normalized spacial score (nSPS) is 11.5. The van der Waals surface area contributed by atoms with Crippen LogP contribution in [-0.4, -0.2) is 25.1 Å². The molecule has 0 heterocycles. The Balaban J connectivity index is 2.60. The minimum absolute atomic E-state index is 0.0351. The Hall–Kier alpha value is -2.11. The number of nitrogens with one attached hydrogen (secondary N) is 2. The van der Waals surface area contributed by atoms with Gasteiger partial charge in [-0.25, -0.2) is 9.18 Å². The lowest BCUT2D eigenvalue weighted by atomic mass is 10.3. The molecule has 0 radical (unpaired) electrons. The summed E-state index contributed by atoms with van der Waals surface area (Å²) in [5, 5.41) is 4.26. The molecule has 0 saturated carbocycles. The molecular formula is C11H13FN2O3. The Morgan fingerprint density at radius 1 is 1.35 bits per heavy atom. The van der Waals surface area contributed by atoms with Gasteiger partial charge in [-0.1, -0.05) is 12.1 Å². The van der Waals surface area contributed by atoms with Crippen molar-refractivity contribution in [3.8, 4) is 5.75 Å². The third kappa shape index (κ3) is 3.75. The van der Waals surface area contributed by atoms with Crippen LogP contribution in [0.2, 0.25) is 0 Å². The number of urea groups is 1. The second-order valence-corrected chi connectivity index (χ2v) is 3.26. The number of carbonyl (C=O) groups is 2. The van der Waals surface area contributed by atoms with E-state index in [1.54, 1.807) is 6.07 Å². The van der Waals surface area contributed by atoms with Crippen LogP contribution in [0, 0.1) is 5.82 Å². The first-order valence-electron chi connectivity index (χ1n) is 4.98. The van der Waals surface area contributed by atoms with E-state index in [9.17, 15) is 14.0 Å². The maximum absolute atomic E-state index is 13.2. The van der Waals surface area contributed by atoms with Crippen LogP contribution >= 0.6 is 0 Å². The molecule has 3 amide bonds. The zero-order valence-electron chi connectivity index (χ0n) is 9.49. The van der Waals surface area contributed by atoms with Crippen molar-refractivity contribution in [1.29, 1.82) is 0 Å². The number of para-hydroxylation sites is 1. The number of benzene rings is 1. The summed E-state index contributed by atoms with van der Waals surface area (Å²) in [6.07, 6.45) is -0.968. The molecule has 1 atom stereocenters. The van der Waals surface area contributed by atoms with Crippen molar-refractivity contribution in [2.75, 3.05) is 7.05 Å². The summed E-state index contributed by atoms with van der Waals surface area (Å²) < 4.78 is 18.3. The van der Waals surface area contributed by atoms with Crippen LogP contribution in [0.1, 0.15) is 6.92 Å². The first-order valence-corrected chi connectivity index (χ1v) is 4.98. The summed E-state index contributed by atoms with van der Waals surface area (Å²) in [6.45, 7) is 1.42. The van der Waals surface area contributed by atoms with Gasteiger partial charge in [0.05, 0.1) is 0 Å². The number of ether oxygens (including phenoxy) is 1. The Kier molecular flexibility index (Phi) is 4.45. The molecule has 5 nitrogen and oxygen atoms in total. The molecule has 2 N–H and O–H groups in total. The highest BCUT2D eigenvalue weighted by molar-refractivity contribution is 5.96. The zero-order valence-corrected chi connectivity index (χ0v) is 9.49. The fourth-order valence-electron chi connectivity index (χ4n) is 1.06. The van der Waals surface area contributed by atoms with E-state index < -0.39 is 23.9 Å². The van der Waals surface area contributed by atoms with Crippen molar-refractivity contribution in [1.82, 2.24) is 10.6 Å². The van der Waals surface area contributed by atoms with E-state index in [0.717, 1.165) is 0 Å². The highest BCUT2D eigenvalue weighted by Gasteiger charge is 2.17. The predicted molar refractivity (Wildman–Crippen MR) is 59.1 cm³/mol. The molecule has 0 saturated heterocycles. The van der Waals surface area contributed by atoms with E-state index in [0.29, 0.717) is 0 Å². The molecule has 0 bridgehead atoms. The Labute approximate surface area is 98.0 Å². The number of carbonyl (C=O) groups excluding carboxylic acids is 2. The fourth-order valence-corrected chi connectivity index (χ4v) is 1.06. The molecule has 92 valence electrons. The van der Waals surface area contributed by atoms with E-state index in [1.807, 2.05) is 5.32 Å². The molecule has 0 unspecified atom stereocenters. The maximum atomic E-state index is 13.2. The first-order chi connectivity index (χ1) is 8.04. The molecule has 1 aromatic rings. The van der Waals surface area contributed by atoms with Gasteiger partial charge in [-0.05, 0) is 19.1 Å². The van der Waals surface area contributed by atoms with E-state index in [2.05, 4.69) is 5.32 Å². The summed E-state index contributed by atoms with van der Waals surface area (Å²) >= 11 is 0. The second kappa shape index (κ2) is 5.83. The van der Waals surface area contributed by atoms with Crippen molar-refractivity contribution in [2.24, 2.45) is 0 Å². The van der Waals surface area contributed by atoms with Crippen molar-refractivity contribution >= 4 is 11.9 Å². The zero-order chi connectivity index (χ0) is 12.8. The highest BCUT2D eigenvalue weighted by Crippen LogP contribution is 2.16. The minimum Gasteiger partial charge on any atom is -0.478 e. The van der Waals surface area contributed by atoms with Gasteiger partial charge in [-0.2, -0.15) is 0 Å². The largest absolute Gasteiger partial charge is 0.478 e. The van der Waals surface area contributed by atoms with Gasteiger partial charge in [0.2, 0.25) is 0 Å². The molecule has 0 aliphatic heterocycles. The van der Waals surface area contributed by atoms with Crippen LogP contribution in [0.15, 0.2) is 24.3 Å². The van der Waals surface area contributed by atoms with Crippen molar-refractivity contribution < 1.29 is 18.7 Å². The van der Waals surface area contributed by atoms with Crippen molar-refractivity contribution in [3.05, 3.63) is 30.1 Å². The Morgan fingerprint density at radius 2 is 2.00 bits per heavy atom. The van der Waals surface area contributed by atoms with Crippen LogP contribution in [0.3, 0.4) is 0 Å². The molecule has 17 heavy (non-hydrogen) atoms. The monoisotopic (exact) mass is 240 g/mol. The lowest BCUT2D eigenvalue weighted by Gasteiger charge is -2.14. The van der Waals surface area contributed by atoms with Gasteiger partial charge in [-0.3, -0.25) is 10.1 Å². The van der Waals surface area contributed by atoms with Gasteiger partial charge in [0.25, 0.3) is 5.91 Å². The molecule has 0 aliphatic carbocycles. The first kappa shape index (κ1) is 13.0. The summed E-state index contributed by atoms with van der Waals surface area (Å²) in [4.78, 5) is 22.3. The number of hydrogen-bond donors (Lipinski definition) is 2. The van der Waals surface area contributed by atoms with Crippen LogP contribution in [0.4, 0.5) is 9.18 Å². The molecule has 1 aromatic carbocycles. The second-order valence-electron chi connectivity index (χ2n) is 3.26.